The van der Waals surface area contributed by atoms with Gasteiger partial charge in [-0.15, -0.1) is 0 Å². The van der Waals surface area contributed by atoms with Gasteiger partial charge in [0.2, 0.25) is 0 Å². The quantitative estimate of drug-likeness (QED) is 0.452. The average molecular weight is 271 g/mol. The van der Waals surface area contributed by atoms with Crippen molar-refractivity contribution in [1.82, 2.24) is 0 Å². The number of hydrogen-bond acceptors (Lipinski definition) is 1. The molecule has 1 heteroatoms. The van der Waals surface area contributed by atoms with Gasteiger partial charge in [-0.25, -0.2) is 0 Å². The van der Waals surface area contributed by atoms with Crippen molar-refractivity contribution in [2.75, 3.05) is 6.61 Å². The van der Waals surface area contributed by atoms with Crippen molar-refractivity contribution in [2.24, 2.45) is 10.8 Å². The lowest BCUT2D eigenvalue weighted by atomic mass is 9.71. The molecule has 0 saturated heterocycles. The molecule has 0 saturated carbocycles. The molecule has 0 aromatic carbocycles. The Hall–Kier alpha value is -0.0400. The topological polar surface area (TPSA) is 9.23 Å². The maximum Gasteiger partial charge on any atom is 0.0631 e. The first-order chi connectivity index (χ1) is 8.47. The largest absolute Gasteiger partial charge is 0.376 e. The molecule has 0 aliphatic heterocycles. The van der Waals surface area contributed by atoms with E-state index in [2.05, 4.69) is 55.4 Å². The maximum absolute atomic E-state index is 6.13. The fraction of sp³-hybridized carbons (Fsp3) is 1.00. The van der Waals surface area contributed by atoms with Crippen molar-refractivity contribution in [3.05, 3.63) is 0 Å². The summed E-state index contributed by atoms with van der Waals surface area (Å²) in [7, 11) is 0. The van der Waals surface area contributed by atoms with Gasteiger partial charge in [0.25, 0.3) is 0 Å². The smallest absolute Gasteiger partial charge is 0.0631 e. The van der Waals surface area contributed by atoms with Crippen LogP contribution in [0.25, 0.3) is 0 Å². The van der Waals surface area contributed by atoms with Crippen molar-refractivity contribution < 1.29 is 4.74 Å². The molecule has 0 aromatic rings. The number of rotatable bonds is 9. The molecule has 1 nitrogen and oxygen atoms in total. The lowest BCUT2D eigenvalue weighted by Gasteiger charge is -2.38. The zero-order valence-corrected chi connectivity index (χ0v) is 14.9. The van der Waals surface area contributed by atoms with Gasteiger partial charge in [0.05, 0.1) is 5.60 Å². The molecule has 0 radical (unpaired) electrons. The Balaban J connectivity index is 4.12. The molecule has 19 heavy (non-hydrogen) atoms. The molecule has 0 rings (SSSR count). The van der Waals surface area contributed by atoms with Gasteiger partial charge in [-0.05, 0) is 43.9 Å². The Morgan fingerprint density at radius 1 is 0.737 bits per heavy atom. The third-order valence-corrected chi connectivity index (χ3v) is 3.40. The standard InChI is InChI=1S/C18H38O/c1-9-10-11-12-13-19-18(7,8)15-17(5,6)14-16(2,3)4/h9-15H2,1-8H3. The summed E-state index contributed by atoms with van der Waals surface area (Å²) in [6.07, 6.45) is 7.50. The van der Waals surface area contributed by atoms with Crippen LogP contribution in [0.1, 0.15) is 93.9 Å². The first kappa shape index (κ1) is 19.0. The summed E-state index contributed by atoms with van der Waals surface area (Å²) in [5.41, 5.74) is 0.729. The van der Waals surface area contributed by atoms with Gasteiger partial charge in [0.1, 0.15) is 0 Å². The van der Waals surface area contributed by atoms with Gasteiger partial charge in [-0.1, -0.05) is 60.8 Å². The summed E-state index contributed by atoms with van der Waals surface area (Å²) in [5, 5.41) is 0. The van der Waals surface area contributed by atoms with Gasteiger partial charge < -0.3 is 4.74 Å². The Morgan fingerprint density at radius 2 is 1.32 bits per heavy atom. The van der Waals surface area contributed by atoms with Crippen LogP contribution in [-0.4, -0.2) is 12.2 Å². The number of unbranched alkanes of at least 4 members (excludes halogenated alkanes) is 3. The van der Waals surface area contributed by atoms with E-state index < -0.39 is 0 Å². The number of hydrogen-bond donors (Lipinski definition) is 0. The molecule has 0 N–H and O–H groups in total. The van der Waals surface area contributed by atoms with Crippen molar-refractivity contribution in [2.45, 2.75) is 99.5 Å². The lowest BCUT2D eigenvalue weighted by Crippen LogP contribution is -2.34. The molecule has 0 aliphatic carbocycles. The van der Waals surface area contributed by atoms with E-state index in [1.807, 2.05) is 0 Å². The monoisotopic (exact) mass is 270 g/mol. The van der Waals surface area contributed by atoms with Crippen molar-refractivity contribution in [3.63, 3.8) is 0 Å². The Labute approximate surface area is 122 Å². The molecule has 0 unspecified atom stereocenters. The molecular formula is C18H38O. The SMILES string of the molecule is CCCCCCOC(C)(C)CC(C)(C)CC(C)(C)C. The summed E-state index contributed by atoms with van der Waals surface area (Å²) < 4.78 is 6.13. The van der Waals surface area contributed by atoms with Gasteiger partial charge in [0, 0.05) is 6.61 Å². The highest BCUT2D eigenvalue weighted by molar-refractivity contribution is 4.83. The zero-order chi connectivity index (χ0) is 15.2. The molecule has 0 aromatic heterocycles. The highest BCUT2D eigenvalue weighted by atomic mass is 16.5. The molecule has 116 valence electrons. The van der Waals surface area contributed by atoms with E-state index >= 15 is 0 Å². The van der Waals surface area contributed by atoms with E-state index in [0.717, 1.165) is 13.0 Å². The predicted molar refractivity (Wildman–Crippen MR) is 86.6 cm³/mol. The maximum atomic E-state index is 6.13. The van der Waals surface area contributed by atoms with Gasteiger partial charge in [-0.2, -0.15) is 0 Å². The minimum absolute atomic E-state index is 0.000957. The normalized spacial score (nSPS) is 13.9. The second-order valence-electron chi connectivity index (χ2n) is 8.75. The first-order valence-corrected chi connectivity index (χ1v) is 8.11. The van der Waals surface area contributed by atoms with Crippen LogP contribution in [0.2, 0.25) is 0 Å². The number of ether oxygens (including phenoxy) is 1. The fourth-order valence-corrected chi connectivity index (χ4v) is 3.58. The van der Waals surface area contributed by atoms with Crippen LogP contribution >= 0.6 is 0 Å². The van der Waals surface area contributed by atoms with Crippen LogP contribution in [0, 0.1) is 10.8 Å². The highest BCUT2D eigenvalue weighted by Crippen LogP contribution is 2.39. The average Bonchev–Trinajstić information content (AvgIpc) is 2.10. The molecule has 0 heterocycles. The molecular weight excluding hydrogens is 232 g/mol. The van der Waals surface area contributed by atoms with Crippen molar-refractivity contribution >= 4 is 0 Å². The van der Waals surface area contributed by atoms with Crippen LogP contribution in [-0.2, 0) is 4.74 Å². The van der Waals surface area contributed by atoms with Crippen LogP contribution in [0.3, 0.4) is 0 Å². The van der Waals surface area contributed by atoms with E-state index in [1.165, 1.54) is 32.1 Å². The van der Waals surface area contributed by atoms with Gasteiger partial charge in [0.15, 0.2) is 0 Å². The summed E-state index contributed by atoms with van der Waals surface area (Å²) in [4.78, 5) is 0. The highest BCUT2D eigenvalue weighted by Gasteiger charge is 2.32. The van der Waals surface area contributed by atoms with Crippen molar-refractivity contribution in [3.8, 4) is 0 Å². The summed E-state index contributed by atoms with van der Waals surface area (Å²) in [6.45, 7) is 19.4. The predicted octanol–water partition coefficient (Wildman–Crippen LogP) is 6.21. The fourth-order valence-electron chi connectivity index (χ4n) is 3.58. The van der Waals surface area contributed by atoms with E-state index in [4.69, 9.17) is 4.74 Å². The van der Waals surface area contributed by atoms with E-state index in [9.17, 15) is 0 Å². The molecule has 0 fully saturated rings. The Kier molecular flexibility index (Phi) is 7.65. The van der Waals surface area contributed by atoms with Crippen LogP contribution in [0.4, 0.5) is 0 Å². The Bertz CT molecular complexity index is 233. The molecule has 0 spiro atoms. The van der Waals surface area contributed by atoms with E-state index in [1.54, 1.807) is 0 Å². The lowest BCUT2D eigenvalue weighted by molar-refractivity contribution is -0.0526. The minimum Gasteiger partial charge on any atom is -0.376 e. The second kappa shape index (κ2) is 7.67. The molecule has 0 aliphatic rings. The minimum atomic E-state index is 0.000957. The Morgan fingerprint density at radius 3 is 1.79 bits per heavy atom. The summed E-state index contributed by atoms with van der Waals surface area (Å²) >= 11 is 0. The van der Waals surface area contributed by atoms with E-state index in [0.29, 0.717) is 10.8 Å². The van der Waals surface area contributed by atoms with Crippen molar-refractivity contribution in [1.29, 1.82) is 0 Å². The van der Waals surface area contributed by atoms with Crippen LogP contribution in [0.15, 0.2) is 0 Å². The third kappa shape index (κ3) is 11.5. The summed E-state index contributed by atoms with van der Waals surface area (Å²) in [5.74, 6) is 0. The zero-order valence-electron chi connectivity index (χ0n) is 14.9. The van der Waals surface area contributed by atoms with Gasteiger partial charge in [-0.3, -0.25) is 0 Å². The third-order valence-electron chi connectivity index (χ3n) is 3.40. The van der Waals surface area contributed by atoms with Crippen LogP contribution < -0.4 is 0 Å². The molecule has 0 atom stereocenters. The molecule has 0 bridgehead atoms. The molecule has 0 amide bonds. The van der Waals surface area contributed by atoms with Gasteiger partial charge >= 0.3 is 0 Å². The van der Waals surface area contributed by atoms with Crippen LogP contribution in [0.5, 0.6) is 0 Å². The van der Waals surface area contributed by atoms with E-state index in [-0.39, 0.29) is 5.60 Å². The first-order valence-electron chi connectivity index (χ1n) is 8.11. The second-order valence-corrected chi connectivity index (χ2v) is 8.75. The summed E-state index contributed by atoms with van der Waals surface area (Å²) in [6, 6.07) is 0.